The fourth-order valence-electron chi connectivity index (χ4n) is 3.29. The minimum Gasteiger partial charge on any atom is -0.465 e. The van der Waals surface area contributed by atoms with E-state index in [-0.39, 0.29) is 25.2 Å². The number of rotatable bonds is 7. The molecular weight excluding hydrogens is 362 g/mol. The van der Waals surface area contributed by atoms with Gasteiger partial charge in [0.25, 0.3) is 0 Å². The minimum absolute atomic E-state index is 0.0429. The maximum atomic E-state index is 12.4. The molecule has 7 heteroatoms. The first-order valence-corrected chi connectivity index (χ1v) is 9.80. The van der Waals surface area contributed by atoms with Gasteiger partial charge in [-0.15, -0.1) is 0 Å². The normalized spacial score (nSPS) is 26.1. The SMILES string of the molecule is CC(C)CCC1C(OCc2ccccc2)COC[C@H](NC(=O)O)C(=O)O[C@H]1C. The Labute approximate surface area is 166 Å². The fraction of sp³-hybridized carbons (Fsp3) is 0.619. The molecule has 1 aromatic rings. The van der Waals surface area contributed by atoms with Gasteiger partial charge >= 0.3 is 12.1 Å². The van der Waals surface area contributed by atoms with E-state index in [1.807, 2.05) is 37.3 Å². The van der Waals surface area contributed by atoms with Crippen molar-refractivity contribution in [3.05, 3.63) is 35.9 Å². The van der Waals surface area contributed by atoms with Crippen LogP contribution in [0.1, 0.15) is 39.2 Å². The maximum Gasteiger partial charge on any atom is 0.405 e. The highest BCUT2D eigenvalue weighted by Crippen LogP contribution is 2.26. The Balaban J connectivity index is 2.12. The zero-order valence-corrected chi connectivity index (χ0v) is 16.8. The second kappa shape index (κ2) is 11.0. The first kappa shape index (κ1) is 22.2. The number of carboxylic acid groups (broad SMARTS) is 1. The predicted molar refractivity (Wildman–Crippen MR) is 104 cm³/mol. The van der Waals surface area contributed by atoms with E-state index >= 15 is 0 Å². The number of esters is 1. The first-order valence-electron chi connectivity index (χ1n) is 9.80. The molecule has 2 rings (SSSR count). The summed E-state index contributed by atoms with van der Waals surface area (Å²) in [5, 5.41) is 11.1. The van der Waals surface area contributed by atoms with E-state index in [0.29, 0.717) is 12.5 Å². The molecule has 0 saturated carbocycles. The summed E-state index contributed by atoms with van der Waals surface area (Å²) in [5.74, 6) is -0.153. The molecule has 4 atom stereocenters. The number of cyclic esters (lactones) is 1. The Morgan fingerprint density at radius 1 is 1.29 bits per heavy atom. The number of ether oxygens (including phenoxy) is 3. The quantitative estimate of drug-likeness (QED) is 0.691. The fourth-order valence-corrected chi connectivity index (χ4v) is 3.29. The molecule has 1 amide bonds. The molecule has 0 aliphatic carbocycles. The number of benzene rings is 1. The van der Waals surface area contributed by atoms with E-state index in [2.05, 4.69) is 19.2 Å². The number of hydrogen-bond acceptors (Lipinski definition) is 5. The Kier molecular flexibility index (Phi) is 8.73. The van der Waals surface area contributed by atoms with Crippen LogP contribution in [-0.4, -0.2) is 48.6 Å². The topological polar surface area (TPSA) is 94.1 Å². The van der Waals surface area contributed by atoms with Crippen molar-refractivity contribution in [2.24, 2.45) is 11.8 Å². The average molecular weight is 393 g/mol. The van der Waals surface area contributed by atoms with Crippen molar-refractivity contribution in [2.75, 3.05) is 13.2 Å². The van der Waals surface area contributed by atoms with Gasteiger partial charge in [0.2, 0.25) is 0 Å². The van der Waals surface area contributed by atoms with Gasteiger partial charge in [-0.2, -0.15) is 0 Å². The third-order valence-electron chi connectivity index (χ3n) is 4.92. The third-order valence-corrected chi connectivity index (χ3v) is 4.92. The van der Waals surface area contributed by atoms with Crippen molar-refractivity contribution in [2.45, 2.75) is 58.5 Å². The van der Waals surface area contributed by atoms with Crippen molar-refractivity contribution in [3.63, 3.8) is 0 Å². The molecule has 1 aliphatic heterocycles. The van der Waals surface area contributed by atoms with Crippen LogP contribution in [0.25, 0.3) is 0 Å². The molecule has 28 heavy (non-hydrogen) atoms. The van der Waals surface area contributed by atoms with Gasteiger partial charge in [0.05, 0.1) is 25.9 Å². The van der Waals surface area contributed by atoms with Crippen LogP contribution in [-0.2, 0) is 25.6 Å². The Morgan fingerprint density at radius 2 is 2.00 bits per heavy atom. The van der Waals surface area contributed by atoms with E-state index in [4.69, 9.17) is 19.3 Å². The lowest BCUT2D eigenvalue weighted by Gasteiger charge is -2.31. The second-order valence-electron chi connectivity index (χ2n) is 7.65. The zero-order valence-electron chi connectivity index (χ0n) is 16.8. The molecule has 2 N–H and O–H groups in total. The van der Waals surface area contributed by atoms with Gasteiger partial charge in [-0.05, 0) is 24.8 Å². The van der Waals surface area contributed by atoms with Crippen LogP contribution < -0.4 is 5.32 Å². The van der Waals surface area contributed by atoms with Crippen molar-refractivity contribution < 1.29 is 28.9 Å². The van der Waals surface area contributed by atoms with Crippen LogP contribution in [0.3, 0.4) is 0 Å². The van der Waals surface area contributed by atoms with E-state index < -0.39 is 24.2 Å². The molecule has 0 radical (unpaired) electrons. The Bertz CT molecular complexity index is 621. The van der Waals surface area contributed by atoms with Crippen molar-refractivity contribution in [3.8, 4) is 0 Å². The lowest BCUT2D eigenvalue weighted by atomic mass is 9.89. The van der Waals surface area contributed by atoms with E-state index in [1.165, 1.54) is 0 Å². The van der Waals surface area contributed by atoms with Crippen LogP contribution in [0.5, 0.6) is 0 Å². The summed E-state index contributed by atoms with van der Waals surface area (Å²) in [6.45, 7) is 6.76. The van der Waals surface area contributed by atoms with Gasteiger partial charge in [-0.25, -0.2) is 9.59 Å². The largest absolute Gasteiger partial charge is 0.465 e. The highest BCUT2D eigenvalue weighted by Gasteiger charge is 2.35. The van der Waals surface area contributed by atoms with E-state index in [0.717, 1.165) is 18.4 Å². The molecule has 0 aromatic heterocycles. The number of amides is 1. The summed E-state index contributed by atoms with van der Waals surface area (Å²) in [4.78, 5) is 23.3. The minimum atomic E-state index is -1.29. The van der Waals surface area contributed by atoms with E-state index in [9.17, 15) is 9.59 Å². The average Bonchev–Trinajstić information content (AvgIpc) is 2.69. The summed E-state index contributed by atoms with van der Waals surface area (Å²) in [6, 6.07) is 8.82. The lowest BCUT2D eigenvalue weighted by Crippen LogP contribution is -2.45. The van der Waals surface area contributed by atoms with Gasteiger partial charge in [0.1, 0.15) is 6.10 Å². The van der Waals surface area contributed by atoms with Crippen LogP contribution in [0, 0.1) is 11.8 Å². The molecule has 0 spiro atoms. The Hall–Kier alpha value is -2.12. The van der Waals surface area contributed by atoms with Gasteiger partial charge in [0, 0.05) is 5.92 Å². The summed E-state index contributed by atoms with van der Waals surface area (Å²) >= 11 is 0. The van der Waals surface area contributed by atoms with Crippen LogP contribution >= 0.6 is 0 Å². The summed E-state index contributed by atoms with van der Waals surface area (Å²) in [6.07, 6.45) is -0.164. The lowest BCUT2D eigenvalue weighted by molar-refractivity contribution is -0.155. The standard InChI is InChI=1S/C21H31NO6/c1-14(2)9-10-17-15(3)28-20(23)18(22-21(24)25)12-26-13-19(17)27-11-16-7-5-4-6-8-16/h4-8,14-15,17-19,22H,9-13H2,1-3H3,(H,24,25)/t15-,17?,18-,19?/m0/s1. The van der Waals surface area contributed by atoms with E-state index in [1.54, 1.807) is 0 Å². The molecule has 1 aromatic carbocycles. The highest BCUT2D eigenvalue weighted by atomic mass is 16.6. The van der Waals surface area contributed by atoms with Crippen LogP contribution in [0.2, 0.25) is 0 Å². The smallest absolute Gasteiger partial charge is 0.405 e. The molecule has 1 saturated heterocycles. The highest BCUT2D eigenvalue weighted by molar-refractivity contribution is 5.81. The number of nitrogens with one attached hydrogen (secondary N) is 1. The monoisotopic (exact) mass is 393 g/mol. The zero-order chi connectivity index (χ0) is 20.5. The molecule has 0 bridgehead atoms. The van der Waals surface area contributed by atoms with Crippen LogP contribution in [0.4, 0.5) is 4.79 Å². The van der Waals surface area contributed by atoms with Crippen molar-refractivity contribution >= 4 is 12.1 Å². The van der Waals surface area contributed by atoms with Crippen molar-refractivity contribution in [1.29, 1.82) is 0 Å². The molecule has 1 heterocycles. The summed E-state index contributed by atoms with van der Waals surface area (Å²) in [5.41, 5.74) is 1.06. The Morgan fingerprint density at radius 3 is 2.64 bits per heavy atom. The van der Waals surface area contributed by atoms with Gasteiger partial charge in [-0.1, -0.05) is 50.6 Å². The van der Waals surface area contributed by atoms with Gasteiger partial charge in [-0.3, -0.25) is 0 Å². The van der Waals surface area contributed by atoms with Crippen LogP contribution in [0.15, 0.2) is 30.3 Å². The van der Waals surface area contributed by atoms with Crippen molar-refractivity contribution in [1.82, 2.24) is 5.32 Å². The third kappa shape index (κ3) is 7.13. The van der Waals surface area contributed by atoms with Gasteiger partial charge in [0.15, 0.2) is 6.04 Å². The molecule has 7 nitrogen and oxygen atoms in total. The predicted octanol–water partition coefficient (Wildman–Crippen LogP) is 3.22. The summed E-state index contributed by atoms with van der Waals surface area (Å²) in [7, 11) is 0. The number of hydrogen-bond donors (Lipinski definition) is 2. The molecule has 1 aliphatic rings. The number of carbonyl (C=O) groups is 2. The molecular formula is C21H31NO6. The molecule has 156 valence electrons. The first-order chi connectivity index (χ1) is 13.4. The van der Waals surface area contributed by atoms with Gasteiger partial charge < -0.3 is 24.6 Å². The number of carbonyl (C=O) groups excluding carboxylic acids is 1. The summed E-state index contributed by atoms with van der Waals surface area (Å²) < 4.78 is 17.4. The maximum absolute atomic E-state index is 12.4. The molecule has 2 unspecified atom stereocenters. The molecule has 1 fully saturated rings. The second-order valence-corrected chi connectivity index (χ2v) is 7.65.